The minimum Gasteiger partial charge on any atom is -0.390 e. The maximum atomic E-state index is 13.6. The van der Waals surface area contributed by atoms with Gasteiger partial charge in [-0.25, -0.2) is 0 Å². The maximum Gasteiger partial charge on any atom is 0.246 e. The minimum atomic E-state index is -0.839. The zero-order valence-electron chi connectivity index (χ0n) is 20.2. The van der Waals surface area contributed by atoms with Gasteiger partial charge in [0.1, 0.15) is 11.6 Å². The average Bonchev–Trinajstić information content (AvgIpc) is 2.81. The van der Waals surface area contributed by atoms with Crippen molar-refractivity contribution >= 4 is 35.8 Å². The fourth-order valence-corrected chi connectivity index (χ4v) is 6.00. The molecule has 2 amide bonds. The maximum absolute atomic E-state index is 13.6. The van der Waals surface area contributed by atoms with Crippen LogP contribution in [0.15, 0.2) is 24.3 Å². The van der Waals surface area contributed by atoms with Crippen LogP contribution < -0.4 is 5.32 Å². The first-order chi connectivity index (χ1) is 15.8. The van der Waals surface area contributed by atoms with E-state index in [2.05, 4.69) is 17.1 Å². The summed E-state index contributed by atoms with van der Waals surface area (Å²) >= 11 is 6.01. The molecule has 1 atom stereocenters. The van der Waals surface area contributed by atoms with Crippen LogP contribution in [0.2, 0.25) is 5.02 Å². The molecule has 4 rings (SSSR count). The number of nitrogens with one attached hydrogen (secondary N) is 1. The van der Waals surface area contributed by atoms with Gasteiger partial charge >= 0.3 is 0 Å². The molecule has 1 spiro atoms. The number of carbonyl (C=O) groups is 2. The normalized spacial score (nSPS) is 24.6. The van der Waals surface area contributed by atoms with E-state index in [4.69, 9.17) is 11.6 Å². The number of unbranched alkanes of at least 4 members (excludes halogenated alkanes) is 1. The van der Waals surface area contributed by atoms with Gasteiger partial charge in [0.25, 0.3) is 0 Å². The lowest BCUT2D eigenvalue weighted by Gasteiger charge is -2.52. The van der Waals surface area contributed by atoms with E-state index in [0.29, 0.717) is 38.6 Å². The van der Waals surface area contributed by atoms with Crippen LogP contribution >= 0.6 is 24.0 Å². The van der Waals surface area contributed by atoms with Crippen molar-refractivity contribution in [3.8, 4) is 0 Å². The van der Waals surface area contributed by atoms with Gasteiger partial charge < -0.3 is 15.3 Å². The Balaban J connectivity index is 0.00000324. The molecule has 0 unspecified atom stereocenters. The van der Waals surface area contributed by atoms with Crippen LogP contribution in [0.25, 0.3) is 0 Å². The summed E-state index contributed by atoms with van der Waals surface area (Å²) in [4.78, 5) is 31.4. The Morgan fingerprint density at radius 1 is 1.06 bits per heavy atom. The van der Waals surface area contributed by atoms with Gasteiger partial charge in [-0.2, -0.15) is 0 Å². The van der Waals surface area contributed by atoms with E-state index in [1.807, 2.05) is 29.2 Å². The monoisotopic (exact) mass is 511 g/mol. The summed E-state index contributed by atoms with van der Waals surface area (Å²) in [5.74, 6) is -0.0399. The van der Waals surface area contributed by atoms with E-state index in [-0.39, 0.29) is 24.2 Å². The SMILES string of the molecule is CCCCN1C(=O)[C@@H](CC2(O)CCCCC2)NC(=O)C12CCN(Cc1ccc(Cl)cc1)CC2.Cl. The summed E-state index contributed by atoms with van der Waals surface area (Å²) in [6.45, 7) is 5.06. The van der Waals surface area contributed by atoms with Gasteiger partial charge in [-0.05, 0) is 49.8 Å². The number of amides is 2. The number of piperazine rings is 1. The summed E-state index contributed by atoms with van der Waals surface area (Å²) in [6.07, 6.45) is 7.99. The molecule has 3 fully saturated rings. The molecule has 6 nitrogen and oxygen atoms in total. The van der Waals surface area contributed by atoms with Crippen molar-refractivity contribution in [1.82, 2.24) is 15.1 Å². The van der Waals surface area contributed by atoms with Crippen LogP contribution in [-0.4, -0.2) is 63.5 Å². The highest BCUT2D eigenvalue weighted by atomic mass is 35.5. The van der Waals surface area contributed by atoms with E-state index < -0.39 is 17.2 Å². The lowest BCUT2D eigenvalue weighted by Crippen LogP contribution is -2.73. The summed E-state index contributed by atoms with van der Waals surface area (Å²) in [5, 5.41) is 14.8. The number of piperidine rings is 1. The summed E-state index contributed by atoms with van der Waals surface area (Å²) in [5.41, 5.74) is -0.411. The Bertz CT molecular complexity index is 834. The molecule has 2 aliphatic heterocycles. The Morgan fingerprint density at radius 3 is 2.32 bits per heavy atom. The number of aliphatic hydroxyl groups is 1. The Hall–Kier alpha value is -1.34. The molecule has 8 heteroatoms. The summed E-state index contributed by atoms with van der Waals surface area (Å²) in [7, 11) is 0. The van der Waals surface area contributed by atoms with E-state index in [1.54, 1.807) is 0 Å². The summed E-state index contributed by atoms with van der Waals surface area (Å²) < 4.78 is 0. The third-order valence-electron chi connectivity index (χ3n) is 7.92. The number of benzene rings is 1. The molecule has 0 aromatic heterocycles. The van der Waals surface area contributed by atoms with Crippen molar-refractivity contribution in [3.05, 3.63) is 34.9 Å². The standard InChI is InChI=1S/C26H38ClN3O3.ClH/c1-2-3-15-30-23(31)22(18-25(33)11-5-4-6-12-25)28-24(32)26(30)13-16-29(17-14-26)19-20-7-9-21(27)10-8-20;/h7-10,22,33H,2-6,11-19H2,1H3,(H,28,32);1H/t22-;/m1./s1. The van der Waals surface area contributed by atoms with Gasteiger partial charge in [-0.1, -0.05) is 56.3 Å². The number of rotatable bonds is 7. The van der Waals surface area contributed by atoms with Gasteiger partial charge in [0.2, 0.25) is 11.8 Å². The first-order valence-corrected chi connectivity index (χ1v) is 13.0. The van der Waals surface area contributed by atoms with E-state index >= 15 is 0 Å². The lowest BCUT2D eigenvalue weighted by molar-refractivity contribution is -0.163. The molecule has 1 aromatic carbocycles. The van der Waals surface area contributed by atoms with E-state index in [9.17, 15) is 14.7 Å². The van der Waals surface area contributed by atoms with Gasteiger partial charge in [-0.15, -0.1) is 12.4 Å². The highest BCUT2D eigenvalue weighted by Crippen LogP contribution is 2.37. The average molecular weight is 513 g/mol. The van der Waals surface area contributed by atoms with Crippen molar-refractivity contribution in [2.45, 2.75) is 94.9 Å². The highest BCUT2D eigenvalue weighted by molar-refractivity contribution is 6.30. The van der Waals surface area contributed by atoms with Crippen molar-refractivity contribution in [2.24, 2.45) is 0 Å². The first kappa shape index (κ1) is 27.3. The third-order valence-corrected chi connectivity index (χ3v) is 8.17. The molecule has 1 aliphatic carbocycles. The van der Waals surface area contributed by atoms with Crippen molar-refractivity contribution in [3.63, 3.8) is 0 Å². The van der Waals surface area contributed by atoms with Crippen molar-refractivity contribution in [2.75, 3.05) is 19.6 Å². The fourth-order valence-electron chi connectivity index (χ4n) is 5.87. The largest absolute Gasteiger partial charge is 0.390 e. The molecule has 0 radical (unpaired) electrons. The quantitative estimate of drug-likeness (QED) is 0.571. The molecular formula is C26H39Cl2N3O3. The lowest BCUT2D eigenvalue weighted by atomic mass is 9.77. The number of hydrogen-bond acceptors (Lipinski definition) is 4. The van der Waals surface area contributed by atoms with E-state index in [1.165, 1.54) is 5.56 Å². The second-order valence-corrected chi connectivity index (χ2v) is 10.7. The second kappa shape index (κ2) is 11.6. The predicted octanol–water partition coefficient (Wildman–Crippen LogP) is 4.31. The topological polar surface area (TPSA) is 72.9 Å². The van der Waals surface area contributed by atoms with Crippen LogP contribution in [0.3, 0.4) is 0 Å². The number of halogens is 2. The molecule has 34 heavy (non-hydrogen) atoms. The van der Waals surface area contributed by atoms with E-state index in [0.717, 1.165) is 56.8 Å². The molecule has 1 saturated carbocycles. The predicted molar refractivity (Wildman–Crippen MR) is 137 cm³/mol. The van der Waals surface area contributed by atoms with Crippen molar-refractivity contribution < 1.29 is 14.7 Å². The van der Waals surface area contributed by atoms with Crippen LogP contribution in [0, 0.1) is 0 Å². The zero-order valence-corrected chi connectivity index (χ0v) is 21.8. The van der Waals surface area contributed by atoms with Gasteiger partial charge in [0, 0.05) is 37.6 Å². The first-order valence-electron chi connectivity index (χ1n) is 12.7. The smallest absolute Gasteiger partial charge is 0.246 e. The van der Waals surface area contributed by atoms with Crippen molar-refractivity contribution in [1.29, 1.82) is 0 Å². The number of hydrogen-bond donors (Lipinski definition) is 2. The Kier molecular flexibility index (Phi) is 9.29. The highest BCUT2D eigenvalue weighted by Gasteiger charge is 2.54. The van der Waals surface area contributed by atoms with Gasteiger partial charge in [-0.3, -0.25) is 14.5 Å². The van der Waals surface area contributed by atoms with Crippen LogP contribution in [0.5, 0.6) is 0 Å². The molecule has 0 bridgehead atoms. The molecule has 2 heterocycles. The molecule has 190 valence electrons. The number of likely N-dealkylation sites (tertiary alicyclic amines) is 1. The molecule has 2 N–H and O–H groups in total. The minimum absolute atomic E-state index is 0. The molecular weight excluding hydrogens is 473 g/mol. The van der Waals surface area contributed by atoms with Gasteiger partial charge in [0.15, 0.2) is 0 Å². The van der Waals surface area contributed by atoms with Gasteiger partial charge in [0.05, 0.1) is 5.60 Å². The number of nitrogens with zero attached hydrogens (tertiary/aromatic N) is 2. The second-order valence-electron chi connectivity index (χ2n) is 10.3. The summed E-state index contributed by atoms with van der Waals surface area (Å²) in [6, 6.07) is 7.27. The zero-order chi connectivity index (χ0) is 23.5. The molecule has 2 saturated heterocycles. The third kappa shape index (κ3) is 5.89. The van der Waals surface area contributed by atoms with Crippen LogP contribution in [-0.2, 0) is 16.1 Å². The molecule has 3 aliphatic rings. The van der Waals surface area contributed by atoms with Crippen LogP contribution in [0.4, 0.5) is 0 Å². The Labute approximate surface area is 214 Å². The fraction of sp³-hybridized carbons (Fsp3) is 0.692. The van der Waals surface area contributed by atoms with Crippen LogP contribution in [0.1, 0.15) is 76.7 Å². The number of carbonyl (C=O) groups excluding carboxylic acids is 2. The Morgan fingerprint density at radius 2 is 1.71 bits per heavy atom. The molecule has 1 aromatic rings.